The standard InChI is InChI=1S/C17H9F3N4O4/c1-23-13-11(12(22-23)17(18,19)20)6-8(7-21-13)16(27)28-24-14(25)9-4-2-3-5-10(9)15(24)26/h2-7H,1H3. The fourth-order valence-corrected chi connectivity index (χ4v) is 2.85. The van der Waals surface area contributed by atoms with Crippen LogP contribution < -0.4 is 0 Å². The molecule has 11 heteroatoms. The number of fused-ring (bicyclic) bond motifs is 2. The molecule has 142 valence electrons. The van der Waals surface area contributed by atoms with Gasteiger partial charge in [0.05, 0.1) is 22.1 Å². The molecular weight excluding hydrogens is 381 g/mol. The second-order valence-electron chi connectivity index (χ2n) is 5.89. The zero-order valence-electron chi connectivity index (χ0n) is 14.0. The van der Waals surface area contributed by atoms with Crippen molar-refractivity contribution in [2.75, 3.05) is 0 Å². The van der Waals surface area contributed by atoms with Crippen molar-refractivity contribution in [3.8, 4) is 0 Å². The lowest BCUT2D eigenvalue weighted by molar-refractivity contribution is -0.140. The number of pyridine rings is 1. The molecule has 3 heterocycles. The van der Waals surface area contributed by atoms with Gasteiger partial charge in [-0.3, -0.25) is 9.59 Å². The number of carbonyl (C=O) groups excluding carboxylic acids is 3. The third-order valence-electron chi connectivity index (χ3n) is 4.11. The number of hydroxylamine groups is 2. The summed E-state index contributed by atoms with van der Waals surface area (Å²) < 4.78 is 40.3. The molecule has 0 aliphatic carbocycles. The topological polar surface area (TPSA) is 94.4 Å². The Kier molecular flexibility index (Phi) is 3.70. The third-order valence-corrected chi connectivity index (χ3v) is 4.11. The maximum Gasteiger partial charge on any atom is 0.435 e. The van der Waals surface area contributed by atoms with Crippen molar-refractivity contribution in [1.82, 2.24) is 19.8 Å². The van der Waals surface area contributed by atoms with E-state index in [1.54, 1.807) is 0 Å². The fraction of sp³-hybridized carbons (Fsp3) is 0.118. The van der Waals surface area contributed by atoms with Crippen LogP contribution in [0.2, 0.25) is 0 Å². The summed E-state index contributed by atoms with van der Waals surface area (Å²) in [6.07, 6.45) is -3.78. The first kappa shape index (κ1) is 17.6. The van der Waals surface area contributed by atoms with Crippen LogP contribution in [0, 0.1) is 0 Å². The van der Waals surface area contributed by atoms with E-state index in [0.717, 1.165) is 16.9 Å². The number of benzene rings is 1. The van der Waals surface area contributed by atoms with E-state index >= 15 is 0 Å². The first-order valence-electron chi connectivity index (χ1n) is 7.78. The monoisotopic (exact) mass is 390 g/mol. The largest absolute Gasteiger partial charge is 0.435 e. The van der Waals surface area contributed by atoms with Gasteiger partial charge < -0.3 is 4.84 Å². The van der Waals surface area contributed by atoms with Gasteiger partial charge in [-0.05, 0) is 18.2 Å². The van der Waals surface area contributed by atoms with Crippen molar-refractivity contribution in [3.63, 3.8) is 0 Å². The number of halogens is 3. The summed E-state index contributed by atoms with van der Waals surface area (Å²) >= 11 is 0. The molecule has 0 spiro atoms. The molecule has 0 unspecified atom stereocenters. The average molecular weight is 390 g/mol. The maximum atomic E-state index is 13.1. The van der Waals surface area contributed by atoms with E-state index in [2.05, 4.69) is 10.1 Å². The van der Waals surface area contributed by atoms with Gasteiger partial charge in [0.2, 0.25) is 0 Å². The van der Waals surface area contributed by atoms with Crippen molar-refractivity contribution in [2.45, 2.75) is 6.18 Å². The van der Waals surface area contributed by atoms with Crippen LogP contribution in [-0.4, -0.2) is 37.6 Å². The molecular formula is C17H9F3N4O4. The number of aromatic nitrogens is 3. The van der Waals surface area contributed by atoms with Crippen molar-refractivity contribution < 1.29 is 32.4 Å². The second kappa shape index (κ2) is 5.87. The zero-order chi connectivity index (χ0) is 20.2. The van der Waals surface area contributed by atoms with E-state index in [1.165, 1.54) is 31.3 Å². The summed E-state index contributed by atoms with van der Waals surface area (Å²) in [7, 11) is 1.28. The van der Waals surface area contributed by atoms with Crippen LogP contribution >= 0.6 is 0 Å². The smallest absolute Gasteiger partial charge is 0.324 e. The predicted molar refractivity (Wildman–Crippen MR) is 85.9 cm³/mol. The van der Waals surface area contributed by atoms with Gasteiger partial charge in [0, 0.05) is 13.2 Å². The highest BCUT2D eigenvalue weighted by molar-refractivity contribution is 6.21. The van der Waals surface area contributed by atoms with Gasteiger partial charge in [-0.15, -0.1) is 0 Å². The molecule has 0 saturated heterocycles. The lowest BCUT2D eigenvalue weighted by Crippen LogP contribution is -2.32. The van der Waals surface area contributed by atoms with Gasteiger partial charge in [-0.1, -0.05) is 17.2 Å². The van der Waals surface area contributed by atoms with E-state index in [-0.39, 0.29) is 27.4 Å². The highest BCUT2D eigenvalue weighted by Gasteiger charge is 2.40. The molecule has 3 aromatic rings. The van der Waals surface area contributed by atoms with Crippen LogP contribution in [0.1, 0.15) is 36.8 Å². The molecule has 1 aliphatic heterocycles. The van der Waals surface area contributed by atoms with Gasteiger partial charge >= 0.3 is 12.1 Å². The molecule has 0 fully saturated rings. The minimum absolute atomic E-state index is 0.0560. The Morgan fingerprint density at radius 3 is 2.29 bits per heavy atom. The molecule has 1 aliphatic rings. The second-order valence-corrected chi connectivity index (χ2v) is 5.89. The third kappa shape index (κ3) is 2.59. The van der Waals surface area contributed by atoms with Crippen LogP contribution in [0.15, 0.2) is 36.5 Å². The number of aryl methyl sites for hydroxylation is 1. The summed E-state index contributed by atoms with van der Waals surface area (Å²) in [5, 5.41) is 3.23. The number of rotatable bonds is 2. The Labute approximate surface area is 154 Å². The summed E-state index contributed by atoms with van der Waals surface area (Å²) in [6, 6.07) is 6.76. The Hall–Kier alpha value is -3.76. The van der Waals surface area contributed by atoms with E-state index in [0.29, 0.717) is 0 Å². The molecule has 0 atom stereocenters. The molecule has 28 heavy (non-hydrogen) atoms. The number of hydrogen-bond donors (Lipinski definition) is 0. The normalized spacial score (nSPS) is 13.9. The number of amides is 2. The molecule has 8 nitrogen and oxygen atoms in total. The van der Waals surface area contributed by atoms with E-state index in [4.69, 9.17) is 4.84 Å². The molecule has 0 N–H and O–H groups in total. The van der Waals surface area contributed by atoms with Gasteiger partial charge in [-0.2, -0.15) is 18.3 Å². The van der Waals surface area contributed by atoms with Crippen LogP contribution in [0.25, 0.3) is 11.0 Å². The SMILES string of the molecule is Cn1nc(C(F)(F)F)c2cc(C(=O)ON3C(=O)c4ccccc4C3=O)cnc21. The summed E-state index contributed by atoms with van der Waals surface area (Å²) in [5.74, 6) is -2.90. The molecule has 4 rings (SSSR count). The number of nitrogens with zero attached hydrogens (tertiary/aromatic N) is 4. The van der Waals surface area contributed by atoms with Crippen LogP contribution in [0.3, 0.4) is 0 Å². The van der Waals surface area contributed by atoms with Crippen LogP contribution in [-0.2, 0) is 18.1 Å². The highest BCUT2D eigenvalue weighted by Crippen LogP contribution is 2.33. The van der Waals surface area contributed by atoms with Gasteiger partial charge in [0.1, 0.15) is 0 Å². The van der Waals surface area contributed by atoms with Gasteiger partial charge in [0.15, 0.2) is 11.3 Å². The maximum absolute atomic E-state index is 13.1. The fourth-order valence-electron chi connectivity index (χ4n) is 2.85. The summed E-state index contributed by atoms with van der Waals surface area (Å²) in [6.45, 7) is 0. The Bertz CT molecular complexity index is 1130. The van der Waals surface area contributed by atoms with Crippen molar-refractivity contribution in [3.05, 3.63) is 58.9 Å². The van der Waals surface area contributed by atoms with E-state index in [1.807, 2.05) is 0 Å². The number of imide groups is 1. The minimum atomic E-state index is -4.76. The van der Waals surface area contributed by atoms with Gasteiger partial charge in [-0.25, -0.2) is 14.5 Å². The quantitative estimate of drug-likeness (QED) is 0.624. The first-order chi connectivity index (χ1) is 13.2. The van der Waals surface area contributed by atoms with Crippen molar-refractivity contribution >= 4 is 28.8 Å². The lowest BCUT2D eigenvalue weighted by Gasteiger charge is -2.12. The zero-order valence-corrected chi connectivity index (χ0v) is 14.0. The Morgan fingerprint density at radius 1 is 1.11 bits per heavy atom. The summed E-state index contributed by atoms with van der Waals surface area (Å²) in [5.41, 5.74) is -1.57. The van der Waals surface area contributed by atoms with Crippen molar-refractivity contribution in [1.29, 1.82) is 0 Å². The predicted octanol–water partition coefficient (Wildman–Crippen LogP) is 2.36. The van der Waals surface area contributed by atoms with Crippen molar-refractivity contribution in [2.24, 2.45) is 7.05 Å². The molecule has 2 aromatic heterocycles. The molecule has 0 saturated carbocycles. The number of hydrogen-bond acceptors (Lipinski definition) is 6. The molecule has 0 bridgehead atoms. The lowest BCUT2D eigenvalue weighted by atomic mass is 10.1. The van der Waals surface area contributed by atoms with E-state index < -0.39 is 35.0 Å². The molecule has 2 amide bonds. The molecule has 0 radical (unpaired) electrons. The van der Waals surface area contributed by atoms with Crippen LogP contribution in [0.5, 0.6) is 0 Å². The minimum Gasteiger partial charge on any atom is -0.324 e. The molecule has 1 aromatic carbocycles. The number of carbonyl (C=O) groups is 3. The van der Waals surface area contributed by atoms with Crippen LogP contribution in [0.4, 0.5) is 13.2 Å². The highest BCUT2D eigenvalue weighted by atomic mass is 19.4. The Balaban J connectivity index is 1.67. The number of alkyl halides is 3. The van der Waals surface area contributed by atoms with E-state index in [9.17, 15) is 27.6 Å². The van der Waals surface area contributed by atoms with Gasteiger partial charge in [0.25, 0.3) is 11.8 Å². The first-order valence-corrected chi connectivity index (χ1v) is 7.78. The average Bonchev–Trinajstić information content (AvgIpc) is 3.12. The Morgan fingerprint density at radius 2 is 1.71 bits per heavy atom. The summed E-state index contributed by atoms with van der Waals surface area (Å²) in [4.78, 5) is 45.4.